The summed E-state index contributed by atoms with van der Waals surface area (Å²) in [6, 6.07) is 5.48. The molecule has 1 aliphatic rings. The van der Waals surface area contributed by atoms with Crippen molar-refractivity contribution in [1.82, 2.24) is 9.78 Å². The predicted molar refractivity (Wildman–Crippen MR) is 99.7 cm³/mol. The molecule has 1 aliphatic carbocycles. The van der Waals surface area contributed by atoms with Crippen LogP contribution in [0, 0.1) is 5.92 Å². The third-order valence-electron chi connectivity index (χ3n) is 4.18. The summed E-state index contributed by atoms with van der Waals surface area (Å²) in [6.07, 6.45) is 3.40. The van der Waals surface area contributed by atoms with Gasteiger partial charge >= 0.3 is 6.09 Å². The van der Waals surface area contributed by atoms with Crippen LogP contribution in [-0.4, -0.2) is 27.4 Å². The van der Waals surface area contributed by atoms with Gasteiger partial charge in [0.05, 0.1) is 5.52 Å². The largest absolute Gasteiger partial charge is 0.442 e. The Morgan fingerprint density at radius 1 is 1.28 bits per heavy atom. The molecule has 1 N–H and O–H groups in total. The van der Waals surface area contributed by atoms with E-state index < -0.39 is 11.7 Å². The topological polar surface area (TPSA) is 73.2 Å². The maximum Gasteiger partial charge on any atom is 0.435 e. The Morgan fingerprint density at radius 3 is 2.60 bits per heavy atom. The Hall–Kier alpha value is -1.89. The number of ether oxygens (including phenoxy) is 1. The molecule has 1 amide bonds. The summed E-state index contributed by atoms with van der Waals surface area (Å²) in [6.45, 7) is 5.40. The van der Waals surface area contributed by atoms with Crippen molar-refractivity contribution < 1.29 is 14.3 Å². The second-order valence-corrected chi connectivity index (χ2v) is 8.29. The van der Waals surface area contributed by atoms with E-state index in [-0.39, 0.29) is 11.8 Å². The maximum atomic E-state index is 12.5. The fourth-order valence-corrected chi connectivity index (χ4v) is 3.38. The minimum atomic E-state index is -0.630. The lowest BCUT2D eigenvalue weighted by Crippen LogP contribution is -2.28. The number of rotatable bonds is 2. The molecule has 0 saturated heterocycles. The molecule has 2 aromatic rings. The van der Waals surface area contributed by atoms with Crippen LogP contribution in [0.4, 0.5) is 10.6 Å². The second-order valence-electron chi connectivity index (χ2n) is 7.37. The lowest BCUT2D eigenvalue weighted by atomic mass is 10.1. The number of carbonyl (C=O) groups excluding carboxylic acids is 2. The van der Waals surface area contributed by atoms with Gasteiger partial charge in [-0.2, -0.15) is 4.68 Å². The van der Waals surface area contributed by atoms with E-state index in [0.717, 1.165) is 30.2 Å². The molecular weight excluding hydrogens is 386 g/mol. The van der Waals surface area contributed by atoms with Gasteiger partial charge in [0.15, 0.2) is 5.82 Å². The number of hydrogen-bond donors (Lipinski definition) is 1. The van der Waals surface area contributed by atoms with Gasteiger partial charge in [-0.15, -0.1) is 5.10 Å². The number of fused-ring (bicyclic) bond motifs is 1. The molecule has 0 bridgehead atoms. The van der Waals surface area contributed by atoms with Crippen LogP contribution in [0.3, 0.4) is 0 Å². The standard InChI is InChI=1S/C18H22BrN3O3/c1-18(2,3)25-17(24)22-14-10-12(19)8-9-13(14)15(21-22)20-16(23)11-6-4-5-7-11/h8-11H,4-7H2,1-3H3,(H,20,21,23). The highest BCUT2D eigenvalue weighted by molar-refractivity contribution is 9.10. The van der Waals surface area contributed by atoms with E-state index in [2.05, 4.69) is 26.3 Å². The van der Waals surface area contributed by atoms with Crippen LogP contribution in [0.1, 0.15) is 46.5 Å². The minimum Gasteiger partial charge on any atom is -0.442 e. The highest BCUT2D eigenvalue weighted by atomic mass is 79.9. The quantitative estimate of drug-likeness (QED) is 0.781. The highest BCUT2D eigenvalue weighted by Gasteiger charge is 2.26. The van der Waals surface area contributed by atoms with Gasteiger partial charge in [0, 0.05) is 15.8 Å². The molecule has 0 aliphatic heterocycles. The first-order chi connectivity index (χ1) is 11.7. The summed E-state index contributed by atoms with van der Waals surface area (Å²) < 4.78 is 7.45. The number of benzene rings is 1. The predicted octanol–water partition coefficient (Wildman–Crippen LogP) is 4.71. The summed E-state index contributed by atoms with van der Waals surface area (Å²) in [5.41, 5.74) is -0.0420. The molecule has 0 unspecified atom stereocenters. The molecule has 3 rings (SSSR count). The van der Waals surface area contributed by atoms with Crippen molar-refractivity contribution in [3.8, 4) is 0 Å². The van der Waals surface area contributed by atoms with Crippen molar-refractivity contribution in [1.29, 1.82) is 0 Å². The first-order valence-corrected chi connectivity index (χ1v) is 9.26. The molecule has 1 heterocycles. The number of nitrogens with one attached hydrogen (secondary N) is 1. The third-order valence-corrected chi connectivity index (χ3v) is 4.67. The van der Waals surface area contributed by atoms with Crippen molar-refractivity contribution in [2.24, 2.45) is 5.92 Å². The van der Waals surface area contributed by atoms with Gasteiger partial charge in [0.2, 0.25) is 5.91 Å². The van der Waals surface area contributed by atoms with Gasteiger partial charge in [0.25, 0.3) is 0 Å². The summed E-state index contributed by atoms with van der Waals surface area (Å²) >= 11 is 3.41. The highest BCUT2D eigenvalue weighted by Crippen LogP contribution is 2.30. The third kappa shape index (κ3) is 4.03. The van der Waals surface area contributed by atoms with E-state index in [1.807, 2.05) is 12.1 Å². The van der Waals surface area contributed by atoms with Crippen LogP contribution in [0.25, 0.3) is 10.9 Å². The number of amides is 1. The molecule has 0 spiro atoms. The van der Waals surface area contributed by atoms with Crippen LogP contribution in [0.2, 0.25) is 0 Å². The van der Waals surface area contributed by atoms with Crippen LogP contribution >= 0.6 is 15.9 Å². The molecule has 1 saturated carbocycles. The first kappa shape index (κ1) is 17.9. The zero-order valence-corrected chi connectivity index (χ0v) is 16.2. The number of hydrogen-bond acceptors (Lipinski definition) is 4. The van der Waals surface area contributed by atoms with Gasteiger partial charge < -0.3 is 10.1 Å². The van der Waals surface area contributed by atoms with Crippen molar-refractivity contribution in [2.75, 3.05) is 5.32 Å². The van der Waals surface area contributed by atoms with Gasteiger partial charge in [0.1, 0.15) is 5.60 Å². The van der Waals surface area contributed by atoms with Crippen LogP contribution in [0.5, 0.6) is 0 Å². The Morgan fingerprint density at radius 2 is 1.96 bits per heavy atom. The average molecular weight is 408 g/mol. The molecular formula is C18H22BrN3O3. The van der Waals surface area contributed by atoms with Gasteiger partial charge in [-0.25, -0.2) is 4.79 Å². The minimum absolute atomic E-state index is 0.0252. The summed E-state index contributed by atoms with van der Waals surface area (Å²) in [7, 11) is 0. The van der Waals surface area contributed by atoms with Crippen molar-refractivity contribution in [3.05, 3.63) is 22.7 Å². The fourth-order valence-electron chi connectivity index (χ4n) is 3.03. The number of halogens is 1. The van der Waals surface area contributed by atoms with Crippen LogP contribution in [-0.2, 0) is 9.53 Å². The summed E-state index contributed by atoms with van der Waals surface area (Å²) in [4.78, 5) is 24.9. The molecule has 1 aromatic carbocycles. The fraction of sp³-hybridized carbons (Fsp3) is 0.500. The number of anilines is 1. The van der Waals surface area contributed by atoms with E-state index in [4.69, 9.17) is 4.74 Å². The molecule has 0 radical (unpaired) electrons. The molecule has 1 aromatic heterocycles. The maximum absolute atomic E-state index is 12.5. The monoisotopic (exact) mass is 407 g/mol. The number of nitrogens with zero attached hydrogens (tertiary/aromatic N) is 2. The molecule has 134 valence electrons. The van der Waals surface area contributed by atoms with E-state index in [0.29, 0.717) is 16.7 Å². The second kappa shape index (κ2) is 6.78. The first-order valence-electron chi connectivity index (χ1n) is 8.47. The lowest BCUT2D eigenvalue weighted by Gasteiger charge is -2.19. The smallest absolute Gasteiger partial charge is 0.435 e. The Balaban J connectivity index is 1.96. The van der Waals surface area contributed by atoms with Gasteiger partial charge in [-0.3, -0.25) is 4.79 Å². The van der Waals surface area contributed by atoms with E-state index in [1.165, 1.54) is 4.68 Å². The zero-order valence-electron chi connectivity index (χ0n) is 14.6. The average Bonchev–Trinajstić information content (AvgIpc) is 3.13. The molecule has 6 nitrogen and oxygen atoms in total. The van der Waals surface area contributed by atoms with Crippen molar-refractivity contribution >= 4 is 44.7 Å². The van der Waals surface area contributed by atoms with E-state index in [1.54, 1.807) is 26.8 Å². The number of carbonyl (C=O) groups is 2. The Labute approximate surface area is 155 Å². The van der Waals surface area contributed by atoms with Gasteiger partial charge in [-0.1, -0.05) is 28.8 Å². The number of aromatic nitrogens is 2. The van der Waals surface area contributed by atoms with Crippen LogP contribution in [0.15, 0.2) is 22.7 Å². The van der Waals surface area contributed by atoms with Crippen LogP contribution < -0.4 is 5.32 Å². The summed E-state index contributed by atoms with van der Waals surface area (Å²) in [5.74, 6) is 0.388. The van der Waals surface area contributed by atoms with E-state index >= 15 is 0 Å². The molecule has 25 heavy (non-hydrogen) atoms. The molecule has 1 fully saturated rings. The van der Waals surface area contributed by atoms with Gasteiger partial charge in [-0.05, 0) is 51.8 Å². The molecule has 7 heteroatoms. The van der Waals surface area contributed by atoms with Crippen molar-refractivity contribution in [2.45, 2.75) is 52.1 Å². The SMILES string of the molecule is CC(C)(C)OC(=O)n1nc(NC(=O)C2CCCC2)c2ccc(Br)cc21. The van der Waals surface area contributed by atoms with E-state index in [9.17, 15) is 9.59 Å². The summed E-state index contributed by atoms with van der Waals surface area (Å²) in [5, 5.41) is 7.91. The van der Waals surface area contributed by atoms with Crippen molar-refractivity contribution in [3.63, 3.8) is 0 Å². The zero-order chi connectivity index (χ0) is 18.2. The Bertz CT molecular complexity index is 817. The lowest BCUT2D eigenvalue weighted by molar-refractivity contribution is -0.119. The normalized spacial score (nSPS) is 15.5. The molecule has 0 atom stereocenters. The Kier molecular flexibility index (Phi) is 4.86.